The molecule has 0 rings (SSSR count). The highest BCUT2D eigenvalue weighted by atomic mass is 15.2. The van der Waals surface area contributed by atoms with Gasteiger partial charge in [-0.25, -0.2) is 0 Å². The van der Waals surface area contributed by atoms with Crippen LogP contribution >= 0.6 is 0 Å². The van der Waals surface area contributed by atoms with Gasteiger partial charge in [0.25, 0.3) is 0 Å². The monoisotopic (exact) mass is 200 g/mol. The van der Waals surface area contributed by atoms with Gasteiger partial charge in [0.05, 0.1) is 0 Å². The maximum Gasteiger partial charge on any atom is 0.0241 e. The highest BCUT2D eigenvalue weighted by Crippen LogP contribution is 2.21. The molecule has 0 saturated heterocycles. The average Bonchev–Trinajstić information content (AvgIpc) is 2.16. The molecule has 0 aromatic heterocycles. The van der Waals surface area contributed by atoms with E-state index in [1.807, 2.05) is 0 Å². The van der Waals surface area contributed by atoms with Crippen LogP contribution in [0.5, 0.6) is 0 Å². The summed E-state index contributed by atoms with van der Waals surface area (Å²) in [6.45, 7) is 9.04. The fourth-order valence-corrected chi connectivity index (χ4v) is 2.06. The Bertz CT molecular complexity index is 123. The predicted molar refractivity (Wildman–Crippen MR) is 63.9 cm³/mol. The molecule has 0 saturated carbocycles. The number of rotatable bonds is 8. The van der Waals surface area contributed by atoms with Crippen LogP contribution in [0.1, 0.15) is 59.8 Å². The van der Waals surface area contributed by atoms with E-state index >= 15 is 0 Å². The summed E-state index contributed by atoms with van der Waals surface area (Å²) in [5.74, 6) is 7.10. The highest BCUT2D eigenvalue weighted by Gasteiger charge is 2.18. The highest BCUT2D eigenvalue weighted by molar-refractivity contribution is 4.74. The summed E-state index contributed by atoms with van der Waals surface area (Å²) in [6, 6.07) is 0.506. The summed E-state index contributed by atoms with van der Waals surface area (Å²) in [5.41, 5.74) is 2.99. The molecule has 14 heavy (non-hydrogen) atoms. The number of unbranched alkanes of at least 4 members (excludes halogenated alkanes) is 1. The normalized spacial score (nSPS) is 15.9. The molecule has 86 valence electrons. The van der Waals surface area contributed by atoms with E-state index in [1.165, 1.54) is 32.1 Å². The first-order valence-electron chi connectivity index (χ1n) is 6.11. The van der Waals surface area contributed by atoms with Gasteiger partial charge in [-0.3, -0.25) is 11.3 Å². The molecule has 0 radical (unpaired) electrons. The Balaban J connectivity index is 4.00. The molecule has 0 heterocycles. The molecule has 0 spiro atoms. The fraction of sp³-hybridized carbons (Fsp3) is 1.00. The molecule has 0 fully saturated rings. The van der Waals surface area contributed by atoms with Crippen LogP contribution in [0.3, 0.4) is 0 Å². The summed E-state index contributed by atoms with van der Waals surface area (Å²) >= 11 is 0. The van der Waals surface area contributed by atoms with Gasteiger partial charge in [0.1, 0.15) is 0 Å². The van der Waals surface area contributed by atoms with E-state index in [2.05, 4.69) is 33.1 Å². The number of nitrogens with two attached hydrogens (primary N) is 1. The van der Waals surface area contributed by atoms with Gasteiger partial charge in [0.2, 0.25) is 0 Å². The predicted octanol–water partition coefficient (Wildman–Crippen LogP) is 3.08. The van der Waals surface area contributed by atoms with Crippen LogP contribution in [-0.2, 0) is 0 Å². The molecule has 0 aliphatic heterocycles. The zero-order valence-electron chi connectivity index (χ0n) is 10.3. The fourth-order valence-electron chi connectivity index (χ4n) is 2.06. The van der Waals surface area contributed by atoms with Crippen molar-refractivity contribution < 1.29 is 0 Å². The molecule has 2 atom stereocenters. The molecular formula is C12H28N2. The van der Waals surface area contributed by atoms with Crippen LogP contribution in [0.25, 0.3) is 0 Å². The van der Waals surface area contributed by atoms with E-state index in [4.69, 9.17) is 5.84 Å². The maximum absolute atomic E-state index is 5.62. The molecule has 0 bridgehead atoms. The standard InChI is InChI=1S/C12H28N2/c1-5-7-8-11(6-2)12(14-13)9-10(3)4/h10-12,14H,5-9,13H2,1-4H3. The lowest BCUT2D eigenvalue weighted by Crippen LogP contribution is -2.41. The lowest BCUT2D eigenvalue weighted by atomic mass is 9.87. The minimum absolute atomic E-state index is 0.506. The van der Waals surface area contributed by atoms with Crippen LogP contribution in [0.15, 0.2) is 0 Å². The zero-order chi connectivity index (χ0) is 11.0. The summed E-state index contributed by atoms with van der Waals surface area (Å²) in [5, 5.41) is 0. The topological polar surface area (TPSA) is 38.0 Å². The quantitative estimate of drug-likeness (QED) is 0.467. The SMILES string of the molecule is CCCCC(CC)C(CC(C)C)NN. The van der Waals surface area contributed by atoms with Crippen LogP contribution in [0.2, 0.25) is 0 Å². The second kappa shape index (κ2) is 8.25. The Morgan fingerprint density at radius 2 is 1.86 bits per heavy atom. The van der Waals surface area contributed by atoms with Gasteiger partial charge in [0, 0.05) is 6.04 Å². The van der Waals surface area contributed by atoms with Crippen LogP contribution < -0.4 is 11.3 Å². The molecule has 0 aliphatic carbocycles. The Morgan fingerprint density at radius 1 is 1.21 bits per heavy atom. The Labute approximate surface area is 89.6 Å². The molecule has 2 heteroatoms. The Hall–Kier alpha value is -0.0800. The number of hydrazine groups is 1. The molecule has 0 aromatic rings. The van der Waals surface area contributed by atoms with Gasteiger partial charge >= 0.3 is 0 Å². The maximum atomic E-state index is 5.62. The Kier molecular flexibility index (Phi) is 8.20. The number of hydrogen-bond acceptors (Lipinski definition) is 2. The first kappa shape index (κ1) is 13.9. The van der Waals surface area contributed by atoms with Crippen molar-refractivity contribution in [1.29, 1.82) is 0 Å². The first-order valence-corrected chi connectivity index (χ1v) is 6.11. The second-order valence-corrected chi connectivity index (χ2v) is 4.71. The summed E-state index contributed by atoms with van der Waals surface area (Å²) < 4.78 is 0. The van der Waals surface area contributed by atoms with Crippen molar-refractivity contribution in [2.24, 2.45) is 17.7 Å². The number of hydrogen-bond donors (Lipinski definition) is 2. The largest absolute Gasteiger partial charge is 0.271 e. The van der Waals surface area contributed by atoms with Gasteiger partial charge in [-0.05, 0) is 24.7 Å². The van der Waals surface area contributed by atoms with Crippen LogP contribution in [0.4, 0.5) is 0 Å². The van der Waals surface area contributed by atoms with Crippen molar-refractivity contribution in [3.63, 3.8) is 0 Å². The molecule has 0 aliphatic rings. The summed E-state index contributed by atoms with van der Waals surface area (Å²) in [4.78, 5) is 0. The number of nitrogens with one attached hydrogen (secondary N) is 1. The van der Waals surface area contributed by atoms with Crippen molar-refractivity contribution >= 4 is 0 Å². The van der Waals surface area contributed by atoms with E-state index in [9.17, 15) is 0 Å². The summed E-state index contributed by atoms with van der Waals surface area (Å²) in [6.07, 6.45) is 6.36. The average molecular weight is 200 g/mol. The van der Waals surface area contributed by atoms with Gasteiger partial charge in [0.15, 0.2) is 0 Å². The smallest absolute Gasteiger partial charge is 0.0241 e. The molecule has 2 nitrogen and oxygen atoms in total. The lowest BCUT2D eigenvalue weighted by molar-refractivity contribution is 0.281. The van der Waals surface area contributed by atoms with E-state index in [-0.39, 0.29) is 0 Å². The van der Waals surface area contributed by atoms with Crippen molar-refractivity contribution in [3.05, 3.63) is 0 Å². The summed E-state index contributed by atoms with van der Waals surface area (Å²) in [7, 11) is 0. The first-order chi connectivity index (χ1) is 6.65. The molecule has 0 amide bonds. The third-order valence-electron chi connectivity index (χ3n) is 2.96. The van der Waals surface area contributed by atoms with Crippen LogP contribution in [0, 0.1) is 11.8 Å². The molecular weight excluding hydrogens is 172 g/mol. The van der Waals surface area contributed by atoms with E-state index in [0.29, 0.717) is 6.04 Å². The third-order valence-corrected chi connectivity index (χ3v) is 2.96. The molecule has 2 unspecified atom stereocenters. The van der Waals surface area contributed by atoms with Gasteiger partial charge in [-0.1, -0.05) is 47.0 Å². The van der Waals surface area contributed by atoms with Crippen LogP contribution in [-0.4, -0.2) is 6.04 Å². The van der Waals surface area contributed by atoms with Gasteiger partial charge in [-0.15, -0.1) is 0 Å². The zero-order valence-corrected chi connectivity index (χ0v) is 10.3. The minimum Gasteiger partial charge on any atom is -0.271 e. The van der Waals surface area contributed by atoms with E-state index in [0.717, 1.165) is 11.8 Å². The Morgan fingerprint density at radius 3 is 2.21 bits per heavy atom. The van der Waals surface area contributed by atoms with Crippen molar-refractivity contribution in [2.75, 3.05) is 0 Å². The lowest BCUT2D eigenvalue weighted by Gasteiger charge is -2.27. The molecule has 3 N–H and O–H groups in total. The second-order valence-electron chi connectivity index (χ2n) is 4.71. The third kappa shape index (κ3) is 5.61. The van der Waals surface area contributed by atoms with E-state index < -0.39 is 0 Å². The minimum atomic E-state index is 0.506. The van der Waals surface area contributed by atoms with Crippen molar-refractivity contribution in [2.45, 2.75) is 65.8 Å². The van der Waals surface area contributed by atoms with E-state index in [1.54, 1.807) is 0 Å². The molecule has 0 aromatic carbocycles. The van der Waals surface area contributed by atoms with Gasteiger partial charge in [-0.2, -0.15) is 0 Å². The van der Waals surface area contributed by atoms with Gasteiger partial charge < -0.3 is 0 Å². The van der Waals surface area contributed by atoms with Crippen molar-refractivity contribution in [1.82, 2.24) is 5.43 Å². The van der Waals surface area contributed by atoms with Crippen molar-refractivity contribution in [3.8, 4) is 0 Å².